The first-order valence-corrected chi connectivity index (χ1v) is 8.83. The summed E-state index contributed by atoms with van der Waals surface area (Å²) < 4.78 is 2.79. The Bertz CT molecular complexity index is 709. The van der Waals surface area contributed by atoms with Crippen molar-refractivity contribution >= 4 is 52.9 Å². The van der Waals surface area contributed by atoms with Crippen molar-refractivity contribution in [2.45, 2.75) is 38.9 Å². The van der Waals surface area contributed by atoms with Gasteiger partial charge in [-0.25, -0.2) is 4.99 Å². The third-order valence-corrected chi connectivity index (χ3v) is 5.06. The number of nitrogens with one attached hydrogen (secondary N) is 1. The van der Waals surface area contributed by atoms with Gasteiger partial charge in [0.05, 0.1) is 10.9 Å². The van der Waals surface area contributed by atoms with E-state index in [1.54, 1.807) is 11.3 Å². The number of nitrogens with zero attached hydrogens (tertiary/aromatic N) is 5. The summed E-state index contributed by atoms with van der Waals surface area (Å²) in [5, 5.41) is 11.8. The van der Waals surface area contributed by atoms with Crippen LogP contribution in [0.1, 0.15) is 29.4 Å². The van der Waals surface area contributed by atoms with Crippen LogP contribution in [0.25, 0.3) is 0 Å². The molecule has 6 nitrogen and oxygen atoms in total. The van der Waals surface area contributed by atoms with E-state index in [4.69, 9.17) is 16.6 Å². The second kappa shape index (κ2) is 8.48. The zero-order valence-electron chi connectivity index (χ0n) is 14.0. The van der Waals surface area contributed by atoms with Gasteiger partial charge in [0.2, 0.25) is 0 Å². The van der Waals surface area contributed by atoms with Crippen LogP contribution in [0.3, 0.4) is 0 Å². The minimum Gasteiger partial charge on any atom is -0.353 e. The first kappa shape index (κ1) is 19.5. The van der Waals surface area contributed by atoms with Crippen LogP contribution in [0.2, 0.25) is 4.34 Å². The van der Waals surface area contributed by atoms with E-state index in [-0.39, 0.29) is 24.0 Å². The van der Waals surface area contributed by atoms with Crippen molar-refractivity contribution in [2.75, 3.05) is 7.05 Å². The van der Waals surface area contributed by atoms with Gasteiger partial charge in [0.15, 0.2) is 11.8 Å². The van der Waals surface area contributed by atoms with E-state index in [0.717, 1.165) is 28.5 Å². The maximum atomic E-state index is 6.01. The second-order valence-corrected chi connectivity index (χ2v) is 7.64. The van der Waals surface area contributed by atoms with Gasteiger partial charge >= 0.3 is 0 Å². The zero-order chi connectivity index (χ0) is 16.4. The fourth-order valence-electron chi connectivity index (χ4n) is 2.17. The number of aryl methyl sites for hydroxylation is 1. The third kappa shape index (κ3) is 5.06. The normalized spacial score (nSPS) is 14.4. The van der Waals surface area contributed by atoms with Gasteiger partial charge in [0.1, 0.15) is 12.4 Å². The Kier molecular flexibility index (Phi) is 6.88. The molecular formula is C15H22ClIN6S. The summed E-state index contributed by atoms with van der Waals surface area (Å²) in [6, 6.07) is 4.54. The van der Waals surface area contributed by atoms with E-state index < -0.39 is 0 Å². The maximum Gasteiger partial charge on any atom is 0.194 e. The lowest BCUT2D eigenvalue weighted by Gasteiger charge is -2.21. The Labute approximate surface area is 168 Å². The molecule has 2 aromatic rings. The van der Waals surface area contributed by atoms with Crippen molar-refractivity contribution in [3.8, 4) is 0 Å². The van der Waals surface area contributed by atoms with E-state index in [9.17, 15) is 0 Å². The molecule has 2 heterocycles. The molecule has 132 valence electrons. The van der Waals surface area contributed by atoms with Gasteiger partial charge in [-0.2, -0.15) is 0 Å². The SMILES string of the molecule is Cc1nnc(CN=C(NC2CC2)N(C)Cc2ccc(Cl)s2)n1C.I. The first-order chi connectivity index (χ1) is 11.0. The number of hydrogen-bond donors (Lipinski definition) is 1. The van der Waals surface area contributed by atoms with Gasteiger partial charge in [-0.15, -0.1) is 45.5 Å². The van der Waals surface area contributed by atoms with Crippen molar-refractivity contribution in [3.05, 3.63) is 33.0 Å². The minimum absolute atomic E-state index is 0. The summed E-state index contributed by atoms with van der Waals surface area (Å²) >= 11 is 7.62. The first-order valence-electron chi connectivity index (χ1n) is 7.64. The molecule has 0 amide bonds. The van der Waals surface area contributed by atoms with Crippen molar-refractivity contribution < 1.29 is 0 Å². The largest absolute Gasteiger partial charge is 0.353 e. The molecule has 0 unspecified atom stereocenters. The van der Waals surface area contributed by atoms with Crippen molar-refractivity contribution in [3.63, 3.8) is 0 Å². The standard InChI is InChI=1S/C15H21ClN6S.HI/c1-10-19-20-14(22(10)3)8-17-15(18-11-4-5-11)21(2)9-12-6-7-13(16)23-12;/h6-7,11H,4-5,8-9H2,1-3H3,(H,17,18);1H. The molecule has 1 aliphatic carbocycles. The molecule has 0 bridgehead atoms. The highest BCUT2D eigenvalue weighted by Gasteiger charge is 2.24. The summed E-state index contributed by atoms with van der Waals surface area (Å²) in [6.07, 6.45) is 2.42. The highest BCUT2D eigenvalue weighted by Crippen LogP contribution is 2.23. The van der Waals surface area contributed by atoms with Crippen LogP contribution in [0, 0.1) is 6.92 Å². The summed E-state index contributed by atoms with van der Waals surface area (Å²) in [6.45, 7) is 3.24. The summed E-state index contributed by atoms with van der Waals surface area (Å²) in [7, 11) is 4.01. The van der Waals surface area contributed by atoms with Crippen LogP contribution < -0.4 is 5.32 Å². The number of aromatic nitrogens is 3. The fraction of sp³-hybridized carbons (Fsp3) is 0.533. The van der Waals surface area contributed by atoms with E-state index in [2.05, 4.69) is 26.5 Å². The average molecular weight is 481 g/mol. The van der Waals surface area contributed by atoms with E-state index in [1.807, 2.05) is 31.7 Å². The molecule has 0 radical (unpaired) electrons. The van der Waals surface area contributed by atoms with Gasteiger partial charge in [0, 0.05) is 25.0 Å². The van der Waals surface area contributed by atoms with Crippen LogP contribution in [0.4, 0.5) is 0 Å². The molecule has 1 N–H and O–H groups in total. The van der Waals surface area contributed by atoms with Gasteiger partial charge < -0.3 is 14.8 Å². The molecule has 1 aliphatic rings. The van der Waals surface area contributed by atoms with Crippen LogP contribution in [-0.4, -0.2) is 38.7 Å². The van der Waals surface area contributed by atoms with Crippen LogP contribution in [0.15, 0.2) is 17.1 Å². The van der Waals surface area contributed by atoms with Crippen molar-refractivity contribution in [1.82, 2.24) is 25.0 Å². The van der Waals surface area contributed by atoms with E-state index in [0.29, 0.717) is 12.6 Å². The molecule has 24 heavy (non-hydrogen) atoms. The Morgan fingerprint density at radius 1 is 1.46 bits per heavy atom. The molecule has 0 spiro atoms. The minimum atomic E-state index is 0. The van der Waals surface area contributed by atoms with E-state index >= 15 is 0 Å². The molecule has 0 aliphatic heterocycles. The van der Waals surface area contributed by atoms with Gasteiger partial charge in [0.25, 0.3) is 0 Å². The molecule has 0 saturated heterocycles. The Morgan fingerprint density at radius 2 is 2.21 bits per heavy atom. The number of hydrogen-bond acceptors (Lipinski definition) is 4. The lowest BCUT2D eigenvalue weighted by atomic mass is 10.4. The Hall–Kier alpha value is -0.870. The molecular weight excluding hydrogens is 459 g/mol. The molecule has 1 saturated carbocycles. The average Bonchev–Trinajstić information content (AvgIpc) is 3.17. The second-order valence-electron chi connectivity index (χ2n) is 5.84. The predicted molar refractivity (Wildman–Crippen MR) is 109 cm³/mol. The number of aliphatic imine (C=N–C) groups is 1. The summed E-state index contributed by atoms with van der Waals surface area (Å²) in [5.74, 6) is 2.66. The third-order valence-electron chi connectivity index (χ3n) is 3.85. The smallest absolute Gasteiger partial charge is 0.194 e. The highest BCUT2D eigenvalue weighted by molar-refractivity contribution is 14.0. The number of guanidine groups is 1. The molecule has 3 rings (SSSR count). The lowest BCUT2D eigenvalue weighted by Crippen LogP contribution is -2.39. The Balaban J connectivity index is 0.00000208. The fourth-order valence-corrected chi connectivity index (χ4v) is 3.31. The van der Waals surface area contributed by atoms with Crippen LogP contribution in [0.5, 0.6) is 0 Å². The molecule has 0 atom stereocenters. The predicted octanol–water partition coefficient (Wildman–Crippen LogP) is 3.20. The quantitative estimate of drug-likeness (QED) is 0.406. The van der Waals surface area contributed by atoms with E-state index in [1.165, 1.54) is 17.7 Å². The van der Waals surface area contributed by atoms with Crippen LogP contribution >= 0.6 is 46.9 Å². The maximum absolute atomic E-state index is 6.01. The van der Waals surface area contributed by atoms with Crippen molar-refractivity contribution in [2.24, 2.45) is 12.0 Å². The zero-order valence-corrected chi connectivity index (χ0v) is 17.9. The van der Waals surface area contributed by atoms with Gasteiger partial charge in [-0.1, -0.05) is 11.6 Å². The number of rotatable bonds is 5. The highest BCUT2D eigenvalue weighted by atomic mass is 127. The number of thiophene rings is 1. The molecule has 0 aromatic carbocycles. The van der Waals surface area contributed by atoms with Crippen molar-refractivity contribution in [1.29, 1.82) is 0 Å². The Morgan fingerprint density at radius 3 is 2.75 bits per heavy atom. The monoisotopic (exact) mass is 480 g/mol. The topological polar surface area (TPSA) is 58.3 Å². The van der Waals surface area contributed by atoms with Crippen LogP contribution in [-0.2, 0) is 20.1 Å². The van der Waals surface area contributed by atoms with Gasteiger partial charge in [-0.3, -0.25) is 0 Å². The molecule has 9 heteroatoms. The molecule has 1 fully saturated rings. The summed E-state index contributed by atoms with van der Waals surface area (Å²) in [4.78, 5) is 8.08. The number of halogens is 2. The van der Waals surface area contributed by atoms with Gasteiger partial charge in [-0.05, 0) is 31.9 Å². The molecule has 2 aromatic heterocycles. The lowest BCUT2D eigenvalue weighted by molar-refractivity contribution is 0.478. The summed E-state index contributed by atoms with van der Waals surface area (Å²) in [5.41, 5.74) is 0.